The van der Waals surface area contributed by atoms with E-state index in [1.165, 1.54) is 29.6 Å². The molecule has 1 fully saturated rings. The minimum Gasteiger partial charge on any atom is -0.365 e. The van der Waals surface area contributed by atoms with Gasteiger partial charge in [-0.25, -0.2) is 18.7 Å². The lowest BCUT2D eigenvalue weighted by molar-refractivity contribution is 0.234. The number of rotatable bonds is 7. The van der Waals surface area contributed by atoms with Gasteiger partial charge in [-0.1, -0.05) is 6.92 Å². The van der Waals surface area contributed by atoms with Crippen molar-refractivity contribution in [3.63, 3.8) is 0 Å². The zero-order chi connectivity index (χ0) is 21.9. The molecule has 0 bridgehead atoms. The summed E-state index contributed by atoms with van der Waals surface area (Å²) in [6, 6.07) is 4.09. The van der Waals surface area contributed by atoms with Crippen LogP contribution >= 0.6 is 15.9 Å². The Labute approximate surface area is 181 Å². The molecule has 1 aromatic heterocycles. The summed E-state index contributed by atoms with van der Waals surface area (Å²) >= 11 is 3.08. The molecule has 1 aromatic carbocycles. The molecule has 0 saturated carbocycles. The fourth-order valence-electron chi connectivity index (χ4n) is 3.03. The van der Waals surface area contributed by atoms with Crippen molar-refractivity contribution < 1.29 is 22.6 Å². The second-order valence-corrected chi connectivity index (χ2v) is 9.82. The third-order valence-corrected chi connectivity index (χ3v) is 6.88. The van der Waals surface area contributed by atoms with Gasteiger partial charge in [0.05, 0.1) is 10.2 Å². The summed E-state index contributed by atoms with van der Waals surface area (Å²) in [5.41, 5.74) is 2.05. The van der Waals surface area contributed by atoms with Gasteiger partial charge < -0.3 is 5.32 Å². The Morgan fingerprint density at radius 2 is 2.23 bits per heavy atom. The summed E-state index contributed by atoms with van der Waals surface area (Å²) < 4.78 is 46.1. The van der Waals surface area contributed by atoms with Crippen LogP contribution in [-0.4, -0.2) is 60.8 Å². The third-order valence-electron chi connectivity index (χ3n) is 4.77. The van der Waals surface area contributed by atoms with Gasteiger partial charge in [-0.15, -0.1) is 0 Å². The number of halogens is 2. The molecule has 4 N–H and O–H groups in total. The average Bonchev–Trinajstić information content (AvgIpc) is 3.35. The first-order valence-electron chi connectivity index (χ1n) is 8.87. The van der Waals surface area contributed by atoms with Gasteiger partial charge in [0.25, 0.3) is 10.2 Å². The lowest BCUT2D eigenvalue weighted by atomic mass is 9.90. The highest BCUT2D eigenvalue weighted by Crippen LogP contribution is 2.31. The lowest BCUT2D eigenvalue weighted by Gasteiger charge is -2.24. The molecule has 0 aliphatic carbocycles. The molecule has 2 aromatic rings. The Kier molecular flexibility index (Phi) is 6.71. The minimum absolute atomic E-state index is 0.0618. The molecule has 0 spiro atoms. The van der Waals surface area contributed by atoms with E-state index in [-0.39, 0.29) is 27.2 Å². The minimum atomic E-state index is -3.49. The molecular weight excluding hydrogens is 485 g/mol. The Morgan fingerprint density at radius 1 is 1.47 bits per heavy atom. The van der Waals surface area contributed by atoms with Crippen LogP contribution in [0.2, 0.25) is 0 Å². The smallest absolute Gasteiger partial charge is 0.279 e. The number of nitrogens with one attached hydrogen (secondary N) is 3. The fourth-order valence-corrected chi connectivity index (χ4v) is 4.47. The number of amidine groups is 1. The summed E-state index contributed by atoms with van der Waals surface area (Å²) in [7, 11) is -2.12. The molecule has 0 radical (unpaired) electrons. The number of nitrogens with zero attached hydrogens (tertiary/aromatic N) is 4. The van der Waals surface area contributed by atoms with E-state index in [0.29, 0.717) is 31.7 Å². The SMILES string of the molecule is CNS(=O)(=O)N1CC[C@](C)(CNc2nonc2C(=Nc2ccc(F)c(Br)c2)NO)C1. The standard InChI is InChI=1S/C16H21BrFN7O4S/c1-16(5-6-25(9-16)30(27,28)19-2)8-20-14-13(23-29-24-14)15(22-26)21-10-3-4-12(18)11(17)7-10/h3-4,7,19,26H,5-6,8-9H2,1-2H3,(H,20,24)(H,21,22)/t16-/m1/s1. The van der Waals surface area contributed by atoms with Gasteiger partial charge in [-0.2, -0.15) is 12.7 Å². The van der Waals surface area contributed by atoms with Gasteiger partial charge >= 0.3 is 0 Å². The van der Waals surface area contributed by atoms with Crippen molar-refractivity contribution in [1.82, 2.24) is 24.8 Å². The molecule has 14 heteroatoms. The Balaban J connectivity index is 1.75. The quantitative estimate of drug-likeness (QED) is 0.252. The average molecular weight is 506 g/mol. The first-order chi connectivity index (χ1) is 14.2. The third kappa shape index (κ3) is 4.95. The van der Waals surface area contributed by atoms with Gasteiger partial charge in [-0.3, -0.25) is 10.7 Å². The first kappa shape index (κ1) is 22.6. The number of benzene rings is 1. The normalized spacial score (nSPS) is 20.5. The van der Waals surface area contributed by atoms with E-state index in [2.05, 4.69) is 41.3 Å². The zero-order valence-electron chi connectivity index (χ0n) is 16.2. The van der Waals surface area contributed by atoms with Crippen LogP contribution in [0.25, 0.3) is 0 Å². The molecule has 164 valence electrons. The van der Waals surface area contributed by atoms with Gasteiger partial charge in [0.1, 0.15) is 5.82 Å². The van der Waals surface area contributed by atoms with Crippen molar-refractivity contribution in [1.29, 1.82) is 0 Å². The number of anilines is 1. The van der Waals surface area contributed by atoms with E-state index in [9.17, 15) is 18.0 Å². The molecule has 30 heavy (non-hydrogen) atoms. The molecule has 1 atom stereocenters. The fraction of sp³-hybridized carbons (Fsp3) is 0.438. The number of aliphatic imine (C=N–C) groups is 1. The second kappa shape index (κ2) is 8.93. The summed E-state index contributed by atoms with van der Waals surface area (Å²) in [6.45, 7) is 3.06. The predicted molar refractivity (Wildman–Crippen MR) is 110 cm³/mol. The van der Waals surface area contributed by atoms with Crippen LogP contribution in [0.3, 0.4) is 0 Å². The maximum absolute atomic E-state index is 13.4. The summed E-state index contributed by atoms with van der Waals surface area (Å²) in [5, 5.41) is 20.1. The van der Waals surface area contributed by atoms with Gasteiger partial charge in [0.15, 0.2) is 11.5 Å². The van der Waals surface area contributed by atoms with E-state index in [4.69, 9.17) is 4.63 Å². The van der Waals surface area contributed by atoms with Crippen LogP contribution in [0.4, 0.5) is 15.9 Å². The molecule has 1 aliphatic heterocycles. The van der Waals surface area contributed by atoms with Gasteiger partial charge in [0, 0.05) is 26.7 Å². The Hall–Kier alpha value is -2.13. The Morgan fingerprint density at radius 3 is 2.90 bits per heavy atom. The van der Waals surface area contributed by atoms with Crippen molar-refractivity contribution in [2.75, 3.05) is 32.0 Å². The van der Waals surface area contributed by atoms with Gasteiger partial charge in [0.2, 0.25) is 5.82 Å². The maximum Gasteiger partial charge on any atom is 0.279 e. The number of aromatic nitrogens is 2. The zero-order valence-corrected chi connectivity index (χ0v) is 18.6. The lowest BCUT2D eigenvalue weighted by Crippen LogP contribution is -2.39. The second-order valence-electron chi connectivity index (χ2n) is 7.09. The van der Waals surface area contributed by atoms with Gasteiger partial charge in [-0.05, 0) is 56.3 Å². The van der Waals surface area contributed by atoms with Crippen LogP contribution in [0, 0.1) is 11.2 Å². The van der Waals surface area contributed by atoms with Crippen LogP contribution < -0.4 is 15.5 Å². The number of hydrogen-bond acceptors (Lipinski definition) is 8. The molecule has 2 heterocycles. The van der Waals surface area contributed by atoms with Crippen molar-refractivity contribution in [2.24, 2.45) is 10.4 Å². The van der Waals surface area contributed by atoms with E-state index < -0.39 is 16.0 Å². The van der Waals surface area contributed by atoms with Crippen molar-refractivity contribution >= 4 is 43.5 Å². The molecule has 1 aliphatic rings. The first-order valence-corrected chi connectivity index (χ1v) is 11.1. The van der Waals surface area contributed by atoms with Crippen LogP contribution in [0.5, 0.6) is 0 Å². The molecule has 0 unspecified atom stereocenters. The van der Waals surface area contributed by atoms with Crippen LogP contribution in [0.1, 0.15) is 19.0 Å². The van der Waals surface area contributed by atoms with E-state index >= 15 is 0 Å². The molecule has 11 nitrogen and oxygen atoms in total. The Bertz CT molecular complexity index is 1050. The summed E-state index contributed by atoms with van der Waals surface area (Å²) in [5.74, 6) is -0.294. The molecule has 1 saturated heterocycles. The summed E-state index contributed by atoms with van der Waals surface area (Å²) in [4.78, 5) is 4.20. The predicted octanol–water partition coefficient (Wildman–Crippen LogP) is 1.62. The van der Waals surface area contributed by atoms with Crippen molar-refractivity contribution in [2.45, 2.75) is 13.3 Å². The summed E-state index contributed by atoms with van der Waals surface area (Å²) in [6.07, 6.45) is 0.643. The number of hydrogen-bond donors (Lipinski definition) is 4. The van der Waals surface area contributed by atoms with Crippen molar-refractivity contribution in [3.8, 4) is 0 Å². The van der Waals surface area contributed by atoms with Crippen LogP contribution in [-0.2, 0) is 10.2 Å². The molecule has 0 amide bonds. The number of hydroxylamine groups is 1. The monoisotopic (exact) mass is 505 g/mol. The molecule has 3 rings (SSSR count). The maximum atomic E-state index is 13.4. The van der Waals surface area contributed by atoms with Crippen molar-refractivity contribution in [3.05, 3.63) is 34.2 Å². The highest BCUT2D eigenvalue weighted by atomic mass is 79.9. The van der Waals surface area contributed by atoms with E-state index in [1.807, 2.05) is 12.4 Å². The van der Waals surface area contributed by atoms with Crippen LogP contribution in [0.15, 0.2) is 32.3 Å². The van der Waals surface area contributed by atoms with E-state index in [0.717, 1.165) is 0 Å². The highest BCUT2D eigenvalue weighted by Gasteiger charge is 2.39. The highest BCUT2D eigenvalue weighted by molar-refractivity contribution is 9.10. The van der Waals surface area contributed by atoms with E-state index in [1.54, 1.807) is 0 Å². The topological polar surface area (TPSA) is 145 Å². The molecular formula is C16H21BrFN7O4S. The largest absolute Gasteiger partial charge is 0.365 e.